The average molecular weight is 239 g/mol. The van der Waals surface area contributed by atoms with Crippen LogP contribution in [-0.2, 0) is 14.5 Å². The van der Waals surface area contributed by atoms with E-state index in [9.17, 15) is 0 Å². The van der Waals surface area contributed by atoms with Crippen molar-refractivity contribution in [3.63, 3.8) is 0 Å². The molecule has 58 valence electrons. The van der Waals surface area contributed by atoms with Gasteiger partial charge >= 0.3 is 81.3 Å². The summed E-state index contributed by atoms with van der Waals surface area (Å²) in [4.78, 5) is 0. The molecule has 0 saturated heterocycles. The molecule has 0 unspecified atom stereocenters. The van der Waals surface area contributed by atoms with E-state index in [1.54, 1.807) is 0 Å². The summed E-state index contributed by atoms with van der Waals surface area (Å²) in [5, 5.41) is 1.36. The molecular formula is C7H8Cl2SiTi. The Bertz CT molecular complexity index is 267. The molecule has 0 aromatic heterocycles. The summed E-state index contributed by atoms with van der Waals surface area (Å²) >= 11 is -1.69. The van der Waals surface area contributed by atoms with Crippen LogP contribution in [0.5, 0.6) is 0 Å². The van der Waals surface area contributed by atoms with Crippen LogP contribution in [0.1, 0.15) is 0 Å². The third kappa shape index (κ3) is 2.92. The summed E-state index contributed by atoms with van der Waals surface area (Å²) in [7, 11) is 11.9. The van der Waals surface area contributed by atoms with Crippen molar-refractivity contribution < 1.29 is 14.5 Å². The third-order valence-corrected chi connectivity index (χ3v) is 14.3. The predicted molar refractivity (Wildman–Crippen MR) is 49.4 cm³/mol. The normalized spacial score (nSPS) is 9.36. The van der Waals surface area contributed by atoms with Gasteiger partial charge in [0.15, 0.2) is 0 Å². The van der Waals surface area contributed by atoms with E-state index in [4.69, 9.17) is 18.6 Å². The first-order chi connectivity index (χ1) is 5.22. The molecule has 0 nitrogen and oxygen atoms in total. The van der Waals surface area contributed by atoms with Crippen molar-refractivity contribution in [2.45, 2.75) is 6.55 Å². The zero-order valence-electron chi connectivity index (χ0n) is 6.14. The molecule has 0 saturated carbocycles. The van der Waals surface area contributed by atoms with Crippen LogP contribution in [0.25, 0.3) is 0 Å². The van der Waals surface area contributed by atoms with E-state index in [1.165, 1.54) is 5.19 Å². The molecular weight excluding hydrogens is 231 g/mol. The van der Waals surface area contributed by atoms with Crippen molar-refractivity contribution in [1.29, 1.82) is 0 Å². The second-order valence-corrected chi connectivity index (χ2v) is 17.0. The molecule has 1 aromatic rings. The van der Waals surface area contributed by atoms with Gasteiger partial charge in [-0.15, -0.1) is 0 Å². The third-order valence-electron chi connectivity index (χ3n) is 1.49. The van der Waals surface area contributed by atoms with Crippen LogP contribution in [-0.4, -0.2) is 6.19 Å². The minimum absolute atomic E-state index is 0.587. The number of benzene rings is 1. The average Bonchev–Trinajstić information content (AvgIpc) is 2.05. The molecule has 0 heterocycles. The standard InChI is InChI=1S/C7H8Si.2ClH.Ti/c1-8-7-5-3-2-4-6-7;;;/h2-6H,1H3;2*1H;/q;;;+2/p-2. The summed E-state index contributed by atoms with van der Waals surface area (Å²) < 4.78 is 0. The van der Waals surface area contributed by atoms with Gasteiger partial charge in [-0.05, 0) is 0 Å². The molecule has 11 heavy (non-hydrogen) atoms. The Morgan fingerprint density at radius 3 is 2.18 bits per heavy atom. The summed E-state index contributed by atoms with van der Waals surface area (Å²) in [6, 6.07) is 10.3. The fourth-order valence-electron chi connectivity index (χ4n) is 0.797. The topological polar surface area (TPSA) is 0 Å². The molecule has 0 fully saturated rings. The van der Waals surface area contributed by atoms with Crippen molar-refractivity contribution in [3.8, 4) is 0 Å². The summed E-state index contributed by atoms with van der Waals surface area (Å²) in [5.74, 6) is 0. The van der Waals surface area contributed by atoms with Crippen molar-refractivity contribution in [2.24, 2.45) is 0 Å². The van der Waals surface area contributed by atoms with E-state index < -0.39 is 20.7 Å². The number of hydrogen-bond donors (Lipinski definition) is 0. The van der Waals surface area contributed by atoms with E-state index in [1.807, 2.05) is 18.2 Å². The van der Waals surface area contributed by atoms with E-state index in [2.05, 4.69) is 18.7 Å². The Balaban J connectivity index is 3.04. The van der Waals surface area contributed by atoms with E-state index in [-0.39, 0.29) is 0 Å². The Morgan fingerprint density at radius 2 is 1.73 bits per heavy atom. The van der Waals surface area contributed by atoms with Gasteiger partial charge in [0, 0.05) is 0 Å². The predicted octanol–water partition coefficient (Wildman–Crippen LogP) is 2.44. The fraction of sp³-hybridized carbons (Fsp3) is 0.143. The Hall–Kier alpha value is 0.731. The molecule has 0 atom stereocenters. The second-order valence-electron chi connectivity index (χ2n) is 2.25. The van der Waals surface area contributed by atoms with Crippen molar-refractivity contribution >= 4 is 30.0 Å². The van der Waals surface area contributed by atoms with Crippen molar-refractivity contribution in [1.82, 2.24) is 0 Å². The van der Waals surface area contributed by atoms with Crippen LogP contribution in [0, 0.1) is 0 Å². The molecule has 0 aliphatic carbocycles. The van der Waals surface area contributed by atoms with Crippen LogP contribution >= 0.6 is 18.6 Å². The zero-order valence-corrected chi connectivity index (χ0v) is 10.2. The molecule has 0 aliphatic rings. The minimum atomic E-state index is -1.69. The van der Waals surface area contributed by atoms with Gasteiger partial charge in [-0.3, -0.25) is 0 Å². The van der Waals surface area contributed by atoms with Crippen molar-refractivity contribution in [2.75, 3.05) is 0 Å². The van der Waals surface area contributed by atoms with Gasteiger partial charge in [-0.1, -0.05) is 0 Å². The number of rotatable bonds is 1. The summed E-state index contributed by atoms with van der Waals surface area (Å²) in [6.45, 7) is 2.19. The molecule has 0 spiro atoms. The van der Waals surface area contributed by atoms with Gasteiger partial charge < -0.3 is 0 Å². The van der Waals surface area contributed by atoms with E-state index >= 15 is 0 Å². The van der Waals surface area contributed by atoms with Crippen LogP contribution in [0.4, 0.5) is 0 Å². The summed E-state index contributed by atoms with van der Waals surface area (Å²) in [5.41, 5.74) is 0. The van der Waals surface area contributed by atoms with Gasteiger partial charge in [0.05, 0.1) is 0 Å². The molecule has 4 heteroatoms. The van der Waals surface area contributed by atoms with Crippen LogP contribution in [0.3, 0.4) is 0 Å². The maximum atomic E-state index is 5.94. The molecule has 1 rings (SSSR count). The molecule has 0 N–H and O–H groups in total. The molecule has 0 amide bonds. The summed E-state index contributed by atoms with van der Waals surface area (Å²) in [6.07, 6.45) is -0.587. The van der Waals surface area contributed by atoms with E-state index in [0.29, 0.717) is 0 Å². The monoisotopic (exact) mass is 238 g/mol. The van der Waals surface area contributed by atoms with Crippen LogP contribution < -0.4 is 5.19 Å². The first kappa shape index (κ1) is 9.82. The number of hydrogen-bond acceptors (Lipinski definition) is 0. The van der Waals surface area contributed by atoms with Gasteiger partial charge in [-0.2, -0.15) is 0 Å². The first-order valence-electron chi connectivity index (χ1n) is 3.29. The van der Waals surface area contributed by atoms with Gasteiger partial charge in [0.25, 0.3) is 0 Å². The Kier molecular flexibility index (Phi) is 4.18. The Morgan fingerprint density at radius 1 is 1.18 bits per heavy atom. The number of halogens is 2. The van der Waals surface area contributed by atoms with Crippen LogP contribution in [0.2, 0.25) is 6.55 Å². The van der Waals surface area contributed by atoms with Crippen LogP contribution in [0.15, 0.2) is 30.3 Å². The SMILES string of the molecule is C[Si](c1ccccc1)=[Ti]([Cl])[Cl]. The molecule has 0 aliphatic heterocycles. The quantitative estimate of drug-likeness (QED) is 0.660. The van der Waals surface area contributed by atoms with Gasteiger partial charge in [0.2, 0.25) is 0 Å². The molecule has 0 radical (unpaired) electrons. The second kappa shape index (κ2) is 4.68. The molecule has 1 aromatic carbocycles. The van der Waals surface area contributed by atoms with Crippen molar-refractivity contribution in [3.05, 3.63) is 30.3 Å². The maximum absolute atomic E-state index is 5.94. The zero-order chi connectivity index (χ0) is 8.27. The van der Waals surface area contributed by atoms with Gasteiger partial charge in [-0.25, -0.2) is 0 Å². The fourth-order valence-corrected chi connectivity index (χ4v) is 6.21. The van der Waals surface area contributed by atoms with Gasteiger partial charge in [0.1, 0.15) is 0 Å². The Labute approximate surface area is 80.9 Å². The first-order valence-corrected chi connectivity index (χ1v) is 11.9. The van der Waals surface area contributed by atoms with E-state index in [0.717, 1.165) is 0 Å². The molecule has 0 bridgehead atoms.